The zero-order chi connectivity index (χ0) is 45.1. The highest BCUT2D eigenvalue weighted by Gasteiger charge is 2.58. The lowest BCUT2D eigenvalue weighted by Crippen LogP contribution is -2.48. The van der Waals surface area contributed by atoms with Crippen molar-refractivity contribution < 1.29 is 33.4 Å². The Balaban J connectivity index is 0.989. The first-order valence-corrected chi connectivity index (χ1v) is 21.8. The minimum absolute atomic E-state index is 0.0256. The van der Waals surface area contributed by atoms with E-state index in [1.54, 1.807) is 29.2 Å². The Labute approximate surface area is 368 Å². The van der Waals surface area contributed by atoms with Crippen LogP contribution in [0.25, 0.3) is 22.5 Å². The summed E-state index contributed by atoms with van der Waals surface area (Å²) >= 11 is 0. The van der Waals surface area contributed by atoms with Crippen molar-refractivity contribution >= 4 is 35.6 Å². The molecular weight excluding hydrogens is 803 g/mol. The summed E-state index contributed by atoms with van der Waals surface area (Å²) in [6.07, 6.45) is 2.25. The number of nitrogens with zero attached hydrogens (tertiary/aromatic N) is 4. The molecule has 16 heteroatoms. The molecule has 1 saturated heterocycles. The van der Waals surface area contributed by atoms with E-state index in [9.17, 15) is 24.0 Å². The van der Waals surface area contributed by atoms with Gasteiger partial charge in [-0.15, -0.1) is 10.2 Å². The number of alkyl carbamates (subject to hydrolysis) is 1. The van der Waals surface area contributed by atoms with Crippen molar-refractivity contribution in [2.75, 3.05) is 25.0 Å². The highest BCUT2D eigenvalue weighted by Crippen LogP contribution is 2.46. The molecular formula is C47H59N9O7. The van der Waals surface area contributed by atoms with Crippen molar-refractivity contribution in [2.24, 2.45) is 23.7 Å². The Kier molecular flexibility index (Phi) is 13.2. The first kappa shape index (κ1) is 44.7. The Morgan fingerprint density at radius 2 is 1.54 bits per heavy atom. The number of H-pyrrole nitrogens is 1. The SMILES string of the molecule is Cc1cc(C(=O)NC2C3CN(C(=O)OC(C)(C)C)CC32)ccc1-c1cccc(C[C@H](NC(=O)C2CCC(CNC(=O)OC(C)(C)C)CC2)C(=O)Nc2ccc(-c3nn[nH]n3)cc2)c1. The summed E-state index contributed by atoms with van der Waals surface area (Å²) in [7, 11) is 0. The third-order valence-electron chi connectivity index (χ3n) is 11.9. The molecule has 0 bridgehead atoms. The predicted molar refractivity (Wildman–Crippen MR) is 236 cm³/mol. The molecule has 3 aliphatic rings. The molecule has 5 N–H and O–H groups in total. The van der Waals surface area contributed by atoms with E-state index in [0.29, 0.717) is 49.6 Å². The number of benzene rings is 3. The van der Waals surface area contributed by atoms with E-state index in [1.807, 2.05) is 90.9 Å². The molecule has 7 rings (SSSR count). The van der Waals surface area contributed by atoms with Crippen LogP contribution in [0, 0.1) is 30.6 Å². The zero-order valence-corrected chi connectivity index (χ0v) is 37.1. The third-order valence-corrected chi connectivity index (χ3v) is 11.9. The number of carbonyl (C=O) groups is 5. The van der Waals surface area contributed by atoms with E-state index in [0.717, 1.165) is 40.7 Å². The molecule has 2 aliphatic carbocycles. The number of fused-ring (bicyclic) bond motifs is 1. The standard InChI is InChI=1S/C47H59N9O7/c1-27-21-33(42(58)51-39-36-25-56(26-37(36)39)45(61)63-47(5,6)7)17-20-35(27)32-10-8-9-29(22-32)23-38(43(59)49-34-18-15-30(16-19-34)40-52-54-55-53-40)50-41(57)31-13-11-28(12-14-31)24-48-44(60)62-46(2,3)4/h8-10,15-22,28,31,36-39H,11-14,23-26H2,1-7H3,(H,48,60)(H,49,59)(H,50,57)(H,51,58)(H,52,53,54,55)/t28?,31?,36?,37?,38-,39?/m0/s1. The Hall–Kier alpha value is -6.32. The van der Waals surface area contributed by atoms with Crippen molar-refractivity contribution in [1.29, 1.82) is 0 Å². The number of tetrazole rings is 1. The van der Waals surface area contributed by atoms with E-state index in [4.69, 9.17) is 9.47 Å². The molecule has 2 unspecified atom stereocenters. The molecule has 16 nitrogen and oxygen atoms in total. The third kappa shape index (κ3) is 11.8. The second kappa shape index (κ2) is 18.6. The number of carbonyl (C=O) groups excluding carboxylic acids is 5. The van der Waals surface area contributed by atoms with Gasteiger partial charge >= 0.3 is 12.2 Å². The molecule has 3 aromatic carbocycles. The molecule has 63 heavy (non-hydrogen) atoms. The molecule has 1 aromatic heterocycles. The molecule has 0 spiro atoms. The minimum Gasteiger partial charge on any atom is -0.444 e. The fourth-order valence-electron chi connectivity index (χ4n) is 8.57. The molecule has 1 aliphatic heterocycles. The molecule has 3 atom stereocenters. The average molecular weight is 862 g/mol. The maximum Gasteiger partial charge on any atom is 0.410 e. The lowest BCUT2D eigenvalue weighted by molar-refractivity contribution is -0.130. The maximum absolute atomic E-state index is 14.0. The number of piperidine rings is 1. The van der Waals surface area contributed by atoms with Gasteiger partial charge in [-0.05, 0) is 144 Å². The summed E-state index contributed by atoms with van der Waals surface area (Å²) in [5, 5.41) is 26.2. The maximum atomic E-state index is 14.0. The van der Waals surface area contributed by atoms with E-state index >= 15 is 0 Å². The van der Waals surface area contributed by atoms with Crippen molar-refractivity contribution in [2.45, 2.75) is 104 Å². The van der Waals surface area contributed by atoms with E-state index in [2.05, 4.69) is 41.9 Å². The number of anilines is 1. The number of hydrogen-bond acceptors (Lipinski definition) is 10. The number of ether oxygens (including phenoxy) is 2. The lowest BCUT2D eigenvalue weighted by atomic mass is 9.81. The van der Waals surface area contributed by atoms with Gasteiger partial charge in [-0.25, -0.2) is 9.59 Å². The Bertz CT molecular complexity index is 2280. The number of amides is 5. The van der Waals surface area contributed by atoms with E-state index in [1.165, 1.54) is 0 Å². The van der Waals surface area contributed by atoms with Crippen molar-refractivity contribution in [1.82, 2.24) is 41.5 Å². The average Bonchev–Trinajstić information content (AvgIpc) is 3.59. The van der Waals surface area contributed by atoms with Crippen LogP contribution >= 0.6 is 0 Å². The van der Waals surface area contributed by atoms with Gasteiger partial charge in [-0.2, -0.15) is 5.21 Å². The molecule has 2 saturated carbocycles. The van der Waals surface area contributed by atoms with Gasteiger partial charge in [0.1, 0.15) is 17.2 Å². The van der Waals surface area contributed by atoms with Gasteiger partial charge in [-0.3, -0.25) is 14.4 Å². The summed E-state index contributed by atoms with van der Waals surface area (Å²) < 4.78 is 10.9. The quantitative estimate of drug-likeness (QED) is 0.105. The monoisotopic (exact) mass is 861 g/mol. The molecule has 2 heterocycles. The largest absolute Gasteiger partial charge is 0.444 e. The number of hydrogen-bond donors (Lipinski definition) is 5. The summed E-state index contributed by atoms with van der Waals surface area (Å²) in [6, 6.07) is 19.7. The van der Waals surface area contributed by atoms with E-state index < -0.39 is 23.3 Å². The first-order chi connectivity index (χ1) is 29.9. The molecule has 5 amide bonds. The van der Waals surface area contributed by atoms with Crippen molar-refractivity contribution in [3.63, 3.8) is 0 Å². The van der Waals surface area contributed by atoms with Crippen LogP contribution in [-0.2, 0) is 25.5 Å². The van der Waals surface area contributed by atoms with Crippen LogP contribution in [0.15, 0.2) is 66.7 Å². The van der Waals surface area contributed by atoms with Crippen molar-refractivity contribution in [3.05, 3.63) is 83.4 Å². The van der Waals surface area contributed by atoms with Crippen LogP contribution in [-0.4, -0.2) is 98.4 Å². The summed E-state index contributed by atoms with van der Waals surface area (Å²) in [4.78, 5) is 67.7. The number of aromatic amines is 1. The molecule has 0 radical (unpaired) electrons. The molecule has 334 valence electrons. The van der Waals surface area contributed by atoms with Crippen LogP contribution in [0.5, 0.6) is 0 Å². The second-order valence-corrected chi connectivity index (χ2v) is 19.1. The van der Waals surface area contributed by atoms with Gasteiger partial charge in [0.25, 0.3) is 5.91 Å². The van der Waals surface area contributed by atoms with Crippen LogP contribution < -0.4 is 21.3 Å². The second-order valence-electron chi connectivity index (χ2n) is 19.1. The van der Waals surface area contributed by atoms with E-state index in [-0.39, 0.29) is 59.9 Å². The fraction of sp³-hybridized carbons (Fsp3) is 0.489. The number of aromatic nitrogens is 4. The van der Waals surface area contributed by atoms with Crippen LogP contribution in [0.3, 0.4) is 0 Å². The number of rotatable bonds is 12. The molecule has 3 fully saturated rings. The van der Waals surface area contributed by atoms with Gasteiger partial charge in [0.15, 0.2) is 0 Å². The minimum atomic E-state index is -0.888. The number of nitrogens with one attached hydrogen (secondary N) is 5. The van der Waals surface area contributed by atoms with Gasteiger partial charge in [0, 0.05) is 66.7 Å². The van der Waals surface area contributed by atoms with Crippen LogP contribution in [0.4, 0.5) is 15.3 Å². The highest BCUT2D eigenvalue weighted by atomic mass is 16.6. The normalized spacial score (nSPS) is 21.1. The number of aryl methyl sites for hydroxylation is 1. The van der Waals surface area contributed by atoms with Gasteiger partial charge in [0.05, 0.1) is 0 Å². The summed E-state index contributed by atoms with van der Waals surface area (Å²) in [5.74, 6) is 0.123. The smallest absolute Gasteiger partial charge is 0.410 e. The van der Waals surface area contributed by atoms with Gasteiger partial charge in [0.2, 0.25) is 17.6 Å². The molecule has 4 aromatic rings. The highest BCUT2D eigenvalue weighted by molar-refractivity contribution is 5.98. The topological polar surface area (TPSA) is 210 Å². The lowest BCUT2D eigenvalue weighted by Gasteiger charge is -2.29. The first-order valence-electron chi connectivity index (χ1n) is 21.8. The van der Waals surface area contributed by atoms with Crippen molar-refractivity contribution in [3.8, 4) is 22.5 Å². The summed E-state index contributed by atoms with van der Waals surface area (Å²) in [6.45, 7) is 14.6. The van der Waals surface area contributed by atoms with Gasteiger partial charge < -0.3 is 35.6 Å². The van der Waals surface area contributed by atoms with Crippen LogP contribution in [0.2, 0.25) is 0 Å². The zero-order valence-electron chi connectivity index (χ0n) is 37.1. The van der Waals surface area contributed by atoms with Crippen LogP contribution in [0.1, 0.15) is 88.7 Å². The summed E-state index contributed by atoms with van der Waals surface area (Å²) in [5.41, 5.74) is 4.30. The Morgan fingerprint density at radius 3 is 2.17 bits per heavy atom. The Morgan fingerprint density at radius 1 is 0.841 bits per heavy atom. The van der Waals surface area contributed by atoms with Gasteiger partial charge in [-0.1, -0.05) is 30.3 Å². The predicted octanol–water partition coefficient (Wildman–Crippen LogP) is 6.43. The fourth-order valence-corrected chi connectivity index (χ4v) is 8.57. The number of likely N-dealkylation sites (tertiary alicyclic amines) is 1.